The number of hydrogen-bond donors (Lipinski definition) is 0. The summed E-state index contributed by atoms with van der Waals surface area (Å²) in [6.45, 7) is 7.05. The summed E-state index contributed by atoms with van der Waals surface area (Å²) < 4.78 is -0.0602. The molecule has 1 atom stereocenters. The van der Waals surface area contributed by atoms with Crippen LogP contribution in [0.3, 0.4) is 0 Å². The van der Waals surface area contributed by atoms with E-state index >= 15 is 0 Å². The molecular formula is C27H27Cl3SiTi. The maximum Gasteiger partial charge on any atom is -1.00 e. The van der Waals surface area contributed by atoms with Gasteiger partial charge >= 0.3 is 188 Å². The van der Waals surface area contributed by atoms with Crippen LogP contribution in [0.15, 0.2) is 115 Å². The number of allylic oxidation sites excluding steroid dienone is 4. The SMILES string of the molecule is CC(C)(C)C1=CC=C[C]1([Ti+3])[Si](c1ccccc1)(c1ccccc1)c1ccccc1.[Cl-].[Cl-].[Cl-]. The summed E-state index contributed by atoms with van der Waals surface area (Å²) in [5, 5.41) is 4.38. The van der Waals surface area contributed by atoms with Gasteiger partial charge in [0.2, 0.25) is 0 Å². The van der Waals surface area contributed by atoms with Crippen LogP contribution in [-0.2, 0) is 20.4 Å². The Morgan fingerprint density at radius 2 is 0.969 bits per heavy atom. The Hall–Kier alpha value is -1.06. The largest absolute Gasteiger partial charge is 1.00 e. The minimum absolute atomic E-state index is 0. The molecule has 3 aromatic rings. The number of rotatable bonds is 4. The molecule has 0 aromatic heterocycles. The topological polar surface area (TPSA) is 0 Å². The van der Waals surface area contributed by atoms with E-state index < -0.39 is 8.07 Å². The monoisotopic (exact) mass is 532 g/mol. The molecule has 4 rings (SSSR count). The molecule has 0 amide bonds. The van der Waals surface area contributed by atoms with Crippen molar-refractivity contribution in [2.45, 2.75) is 24.1 Å². The zero-order valence-corrected chi connectivity index (χ0v) is 23.4. The normalized spacial score (nSPS) is 17.5. The van der Waals surface area contributed by atoms with Crippen LogP contribution in [0.4, 0.5) is 0 Å². The second-order valence-electron chi connectivity index (χ2n) is 8.85. The zero-order valence-electron chi connectivity index (χ0n) is 18.5. The van der Waals surface area contributed by atoms with Crippen LogP contribution in [-0.4, -0.2) is 8.07 Å². The van der Waals surface area contributed by atoms with E-state index in [-0.39, 0.29) is 46.0 Å². The summed E-state index contributed by atoms with van der Waals surface area (Å²) in [6.07, 6.45) is 7.14. The molecule has 0 saturated carbocycles. The summed E-state index contributed by atoms with van der Waals surface area (Å²) in [4.78, 5) is 0. The first-order valence-corrected chi connectivity index (χ1v) is 13.0. The van der Waals surface area contributed by atoms with Gasteiger partial charge < -0.3 is 37.2 Å². The molecule has 0 saturated heterocycles. The van der Waals surface area contributed by atoms with Gasteiger partial charge in [0.1, 0.15) is 0 Å². The standard InChI is InChI=1S/C27H27Si.3ClH.Ti/c1-27(2,3)25-20-13-21-26(25)28(22-14-7-4-8-15-22,23-16-9-5-10-17-23)24-18-11-6-12-19-24;;;;/h4-21H,1-3H3;3*1H;/q;;;;+3/p-3. The summed E-state index contributed by atoms with van der Waals surface area (Å²) in [5.74, 6) is 0. The molecule has 0 N–H and O–H groups in total. The first-order chi connectivity index (χ1) is 13.9. The fourth-order valence-corrected chi connectivity index (χ4v) is 13.5. The van der Waals surface area contributed by atoms with Crippen LogP contribution in [0.5, 0.6) is 0 Å². The molecule has 0 fully saturated rings. The van der Waals surface area contributed by atoms with Gasteiger partial charge in [-0.05, 0) is 0 Å². The van der Waals surface area contributed by atoms with E-state index in [2.05, 4.69) is 150 Å². The summed E-state index contributed by atoms with van der Waals surface area (Å²) >= 11 is 2.48. The van der Waals surface area contributed by atoms with E-state index in [1.54, 1.807) is 0 Å². The van der Waals surface area contributed by atoms with Gasteiger partial charge in [0.15, 0.2) is 0 Å². The summed E-state index contributed by atoms with van der Waals surface area (Å²) in [6, 6.07) is 33.7. The van der Waals surface area contributed by atoms with Crippen LogP contribution in [0.1, 0.15) is 20.8 Å². The third kappa shape index (κ3) is 4.75. The maximum atomic E-state index is 2.48. The van der Waals surface area contributed by atoms with E-state index in [1.165, 1.54) is 21.1 Å². The van der Waals surface area contributed by atoms with Gasteiger partial charge in [-0.2, -0.15) is 0 Å². The van der Waals surface area contributed by atoms with Crippen molar-refractivity contribution in [2.75, 3.05) is 0 Å². The van der Waals surface area contributed by atoms with E-state index in [0.717, 1.165) is 0 Å². The Kier molecular flexibility index (Phi) is 10.3. The van der Waals surface area contributed by atoms with Crippen molar-refractivity contribution in [1.29, 1.82) is 0 Å². The molecule has 0 nitrogen and oxygen atoms in total. The van der Waals surface area contributed by atoms with Crippen LogP contribution in [0.25, 0.3) is 0 Å². The van der Waals surface area contributed by atoms with Crippen LogP contribution in [0.2, 0.25) is 3.34 Å². The van der Waals surface area contributed by atoms with E-state index in [4.69, 9.17) is 0 Å². The first-order valence-electron chi connectivity index (χ1n) is 10.2. The minimum atomic E-state index is -2.44. The second kappa shape index (κ2) is 11.4. The molecule has 1 aliphatic rings. The molecule has 0 aliphatic heterocycles. The van der Waals surface area contributed by atoms with Crippen molar-refractivity contribution in [3.05, 3.63) is 115 Å². The van der Waals surface area contributed by atoms with Gasteiger partial charge in [0.25, 0.3) is 0 Å². The van der Waals surface area contributed by atoms with Crippen molar-refractivity contribution in [3.8, 4) is 0 Å². The van der Waals surface area contributed by atoms with E-state index in [9.17, 15) is 0 Å². The molecule has 0 radical (unpaired) electrons. The van der Waals surface area contributed by atoms with Crippen molar-refractivity contribution in [2.24, 2.45) is 5.41 Å². The van der Waals surface area contributed by atoms with E-state index in [0.29, 0.717) is 0 Å². The molecule has 0 spiro atoms. The van der Waals surface area contributed by atoms with Gasteiger partial charge in [-0.25, -0.2) is 0 Å². The van der Waals surface area contributed by atoms with Gasteiger partial charge in [-0.3, -0.25) is 0 Å². The molecule has 164 valence electrons. The van der Waals surface area contributed by atoms with Crippen LogP contribution in [0, 0.1) is 5.41 Å². The maximum absolute atomic E-state index is 2.48. The summed E-state index contributed by atoms with van der Waals surface area (Å²) in [7, 11) is -2.44. The van der Waals surface area contributed by atoms with Crippen molar-refractivity contribution < 1.29 is 57.7 Å². The molecule has 3 aromatic carbocycles. The molecular weight excluding hydrogens is 507 g/mol. The van der Waals surface area contributed by atoms with Gasteiger partial charge in [0, 0.05) is 0 Å². The minimum Gasteiger partial charge on any atom is -1.00 e. The fraction of sp³-hybridized carbons (Fsp3) is 0.185. The van der Waals surface area contributed by atoms with Crippen LogP contribution >= 0.6 is 0 Å². The van der Waals surface area contributed by atoms with E-state index in [1.807, 2.05) is 0 Å². The Morgan fingerprint density at radius 1 is 0.625 bits per heavy atom. The van der Waals surface area contributed by atoms with Gasteiger partial charge in [-0.1, -0.05) is 0 Å². The molecule has 0 heterocycles. The third-order valence-electron chi connectivity index (χ3n) is 6.05. The van der Waals surface area contributed by atoms with Gasteiger partial charge in [-0.15, -0.1) is 0 Å². The molecule has 32 heavy (non-hydrogen) atoms. The first kappa shape index (κ1) is 29.0. The average Bonchev–Trinajstić information content (AvgIpc) is 3.14. The molecule has 0 bridgehead atoms. The Balaban J connectivity index is 0.00000171. The van der Waals surface area contributed by atoms with Crippen molar-refractivity contribution >= 4 is 23.6 Å². The number of hydrogen-bond acceptors (Lipinski definition) is 0. The molecule has 5 heteroatoms. The third-order valence-corrected chi connectivity index (χ3v) is 13.7. The Labute approximate surface area is 224 Å². The number of halogens is 3. The molecule has 1 unspecified atom stereocenters. The van der Waals surface area contributed by atoms with Gasteiger partial charge in [0.05, 0.1) is 0 Å². The Bertz CT molecular complexity index is 948. The van der Waals surface area contributed by atoms with Crippen molar-refractivity contribution in [1.82, 2.24) is 0 Å². The smallest absolute Gasteiger partial charge is 1.00 e. The zero-order chi connectivity index (χ0) is 20.5. The predicted octanol–water partition coefficient (Wildman–Crippen LogP) is -4.04. The summed E-state index contributed by atoms with van der Waals surface area (Å²) in [5.41, 5.74) is 1.61. The van der Waals surface area contributed by atoms with Crippen molar-refractivity contribution in [3.63, 3.8) is 0 Å². The predicted molar refractivity (Wildman–Crippen MR) is 123 cm³/mol. The average molecular weight is 534 g/mol. The quantitative estimate of drug-likeness (QED) is 0.237. The fourth-order valence-electron chi connectivity index (χ4n) is 4.93. The Morgan fingerprint density at radius 3 is 1.28 bits per heavy atom. The molecule has 1 aliphatic carbocycles. The second-order valence-corrected chi connectivity index (χ2v) is 14.9. The van der Waals surface area contributed by atoms with Crippen LogP contribution < -0.4 is 52.8 Å². The number of benzene rings is 3.